The van der Waals surface area contributed by atoms with Crippen LogP contribution in [-0.2, 0) is 9.59 Å². The zero-order valence-corrected chi connectivity index (χ0v) is 22.0. The number of benzene rings is 1. The van der Waals surface area contributed by atoms with Crippen LogP contribution in [-0.4, -0.2) is 36.5 Å². The van der Waals surface area contributed by atoms with Gasteiger partial charge in [-0.15, -0.1) is 0 Å². The number of primary amides is 1. The van der Waals surface area contributed by atoms with Gasteiger partial charge in [0.15, 0.2) is 0 Å². The molecule has 2 atom stereocenters. The van der Waals surface area contributed by atoms with Crippen molar-refractivity contribution in [3.05, 3.63) is 34.4 Å². The minimum absolute atomic E-state index is 0.0537. The summed E-state index contributed by atoms with van der Waals surface area (Å²) in [6, 6.07) is 6.00. The predicted molar refractivity (Wildman–Crippen MR) is 142 cm³/mol. The van der Waals surface area contributed by atoms with E-state index in [9.17, 15) is 9.59 Å². The molecule has 0 aliphatic heterocycles. The summed E-state index contributed by atoms with van der Waals surface area (Å²) in [6.45, 7) is 6.74. The molecular weight excluding hydrogens is 453 g/mol. The SMILES string of the molecule is CCC(Nc1cc(N(C(=O)C2=C(C(N)=O)CCCC2)C2CCCCC2)ccc1Cl)P(C)CC. The van der Waals surface area contributed by atoms with E-state index in [1.807, 2.05) is 23.1 Å². The molecule has 5 nitrogen and oxygen atoms in total. The van der Waals surface area contributed by atoms with Crippen LogP contribution in [0, 0.1) is 0 Å². The van der Waals surface area contributed by atoms with E-state index in [4.69, 9.17) is 17.3 Å². The van der Waals surface area contributed by atoms with E-state index in [1.54, 1.807) is 0 Å². The van der Waals surface area contributed by atoms with Crippen LogP contribution < -0.4 is 16.0 Å². The zero-order valence-electron chi connectivity index (χ0n) is 20.3. The van der Waals surface area contributed by atoms with Gasteiger partial charge in [-0.05, 0) is 76.0 Å². The average molecular weight is 492 g/mol. The second-order valence-electron chi connectivity index (χ2n) is 9.30. The van der Waals surface area contributed by atoms with E-state index >= 15 is 0 Å². The normalized spacial score (nSPS) is 19.2. The van der Waals surface area contributed by atoms with E-state index < -0.39 is 5.91 Å². The fourth-order valence-electron chi connectivity index (χ4n) is 5.09. The number of amides is 2. The number of nitrogens with two attached hydrogens (primary N) is 1. The highest BCUT2D eigenvalue weighted by Gasteiger charge is 2.32. The number of anilines is 2. The molecule has 2 aliphatic rings. The number of hydrogen-bond acceptors (Lipinski definition) is 3. The quantitative estimate of drug-likeness (QED) is 0.380. The van der Waals surface area contributed by atoms with Crippen LogP contribution in [0.4, 0.5) is 11.4 Å². The van der Waals surface area contributed by atoms with Crippen molar-refractivity contribution in [2.75, 3.05) is 23.0 Å². The Kier molecular flexibility index (Phi) is 9.64. The van der Waals surface area contributed by atoms with E-state index in [1.165, 1.54) is 6.42 Å². The highest BCUT2D eigenvalue weighted by Crippen LogP contribution is 2.41. The second-order valence-corrected chi connectivity index (χ2v) is 12.5. The molecule has 0 saturated heterocycles. The lowest BCUT2D eigenvalue weighted by atomic mass is 9.88. The summed E-state index contributed by atoms with van der Waals surface area (Å²) in [5, 5.41) is 4.33. The lowest BCUT2D eigenvalue weighted by Gasteiger charge is -2.36. The summed E-state index contributed by atoms with van der Waals surface area (Å²) in [6.07, 6.45) is 10.6. The Bertz CT molecular complexity index is 882. The van der Waals surface area contributed by atoms with Crippen LogP contribution in [0.1, 0.15) is 78.1 Å². The molecule has 1 aromatic carbocycles. The number of halogens is 1. The summed E-state index contributed by atoms with van der Waals surface area (Å²) in [5.41, 5.74) is 8.54. The number of nitrogens with zero attached hydrogens (tertiary/aromatic N) is 1. The minimum Gasteiger partial charge on any atom is -0.377 e. The third kappa shape index (κ3) is 6.31. The van der Waals surface area contributed by atoms with Crippen LogP contribution in [0.15, 0.2) is 29.3 Å². The molecule has 2 unspecified atom stereocenters. The standard InChI is InChI=1S/C26H39ClN3O2P/c1-4-24(33(3)5-2)29-23-17-19(15-16-22(23)27)30(18-11-7-6-8-12-18)26(32)21-14-10-9-13-20(21)25(28)31/h15-18,24,29H,4-14H2,1-3H3,(H2,28,31). The van der Waals surface area contributed by atoms with Gasteiger partial charge in [0.2, 0.25) is 5.91 Å². The molecule has 2 amide bonds. The molecular formula is C26H39ClN3O2P. The summed E-state index contributed by atoms with van der Waals surface area (Å²) >= 11 is 6.60. The van der Waals surface area contributed by atoms with Gasteiger partial charge in [-0.25, -0.2) is 0 Å². The van der Waals surface area contributed by atoms with Crippen LogP contribution >= 0.6 is 19.5 Å². The molecule has 0 bridgehead atoms. The van der Waals surface area contributed by atoms with E-state index in [2.05, 4.69) is 25.8 Å². The molecule has 7 heteroatoms. The lowest BCUT2D eigenvalue weighted by Crippen LogP contribution is -2.43. The molecule has 33 heavy (non-hydrogen) atoms. The molecule has 1 fully saturated rings. The predicted octanol–water partition coefficient (Wildman–Crippen LogP) is 6.64. The lowest BCUT2D eigenvalue weighted by molar-refractivity contribution is -0.118. The molecule has 0 heterocycles. The first-order valence-electron chi connectivity index (χ1n) is 12.5. The molecule has 3 rings (SSSR count). The van der Waals surface area contributed by atoms with Crippen molar-refractivity contribution >= 4 is 42.7 Å². The van der Waals surface area contributed by atoms with Crippen molar-refractivity contribution in [2.45, 2.75) is 89.9 Å². The van der Waals surface area contributed by atoms with Gasteiger partial charge in [0.1, 0.15) is 0 Å². The van der Waals surface area contributed by atoms with Crippen molar-refractivity contribution < 1.29 is 9.59 Å². The maximum Gasteiger partial charge on any atom is 0.254 e. The molecule has 3 N–H and O–H groups in total. The Balaban J connectivity index is 2.01. The van der Waals surface area contributed by atoms with Crippen molar-refractivity contribution in [3.63, 3.8) is 0 Å². The minimum atomic E-state index is -0.457. The van der Waals surface area contributed by atoms with E-state index in [-0.39, 0.29) is 19.9 Å². The summed E-state index contributed by atoms with van der Waals surface area (Å²) in [5.74, 6) is -0.136. The van der Waals surface area contributed by atoms with Crippen LogP contribution in [0.2, 0.25) is 5.02 Å². The fourth-order valence-corrected chi connectivity index (χ4v) is 6.69. The Hall–Kier alpha value is -1.58. The summed E-state index contributed by atoms with van der Waals surface area (Å²) in [4.78, 5) is 28.0. The Morgan fingerprint density at radius 2 is 1.79 bits per heavy atom. The molecule has 2 aliphatic carbocycles. The summed E-state index contributed by atoms with van der Waals surface area (Å²) in [7, 11) is -0.160. The third-order valence-electron chi connectivity index (χ3n) is 7.15. The van der Waals surface area contributed by atoms with Crippen LogP contribution in [0.3, 0.4) is 0 Å². The molecule has 0 spiro atoms. The highest BCUT2D eigenvalue weighted by molar-refractivity contribution is 7.57. The van der Waals surface area contributed by atoms with Gasteiger partial charge < -0.3 is 16.0 Å². The van der Waals surface area contributed by atoms with Crippen molar-refractivity contribution in [3.8, 4) is 0 Å². The maximum atomic E-state index is 14.0. The highest BCUT2D eigenvalue weighted by atomic mass is 35.5. The number of hydrogen-bond donors (Lipinski definition) is 2. The van der Waals surface area contributed by atoms with Gasteiger partial charge in [0.05, 0.1) is 10.7 Å². The van der Waals surface area contributed by atoms with Crippen molar-refractivity contribution in [2.24, 2.45) is 5.73 Å². The Morgan fingerprint density at radius 3 is 2.39 bits per heavy atom. The largest absolute Gasteiger partial charge is 0.377 e. The Labute approximate surface area is 205 Å². The van der Waals surface area contributed by atoms with Gasteiger partial charge in [0, 0.05) is 28.7 Å². The summed E-state index contributed by atoms with van der Waals surface area (Å²) < 4.78 is 0. The van der Waals surface area contributed by atoms with Crippen molar-refractivity contribution in [1.82, 2.24) is 0 Å². The van der Waals surface area contributed by atoms with Gasteiger partial charge in [-0.1, -0.05) is 52.6 Å². The third-order valence-corrected chi connectivity index (χ3v) is 10.0. The van der Waals surface area contributed by atoms with Crippen LogP contribution in [0.25, 0.3) is 0 Å². The van der Waals surface area contributed by atoms with Gasteiger partial charge in [-0.3, -0.25) is 9.59 Å². The van der Waals surface area contributed by atoms with Crippen LogP contribution in [0.5, 0.6) is 0 Å². The first-order valence-corrected chi connectivity index (χ1v) is 14.9. The number of rotatable bonds is 9. The Morgan fingerprint density at radius 1 is 1.12 bits per heavy atom. The topological polar surface area (TPSA) is 75.4 Å². The molecule has 1 saturated carbocycles. The second kappa shape index (κ2) is 12.2. The van der Waals surface area contributed by atoms with Crippen molar-refractivity contribution in [1.29, 1.82) is 0 Å². The molecule has 0 radical (unpaired) electrons. The number of carbonyl (C=O) groups excluding carboxylic acids is 2. The van der Waals surface area contributed by atoms with E-state index in [0.717, 1.165) is 62.5 Å². The van der Waals surface area contributed by atoms with Gasteiger partial charge in [0.25, 0.3) is 5.91 Å². The number of carbonyl (C=O) groups is 2. The number of nitrogens with one attached hydrogen (secondary N) is 1. The first-order chi connectivity index (χ1) is 15.9. The molecule has 0 aromatic heterocycles. The fraction of sp³-hybridized carbons (Fsp3) is 0.615. The maximum absolute atomic E-state index is 14.0. The zero-order chi connectivity index (χ0) is 24.0. The monoisotopic (exact) mass is 491 g/mol. The smallest absolute Gasteiger partial charge is 0.254 e. The van der Waals surface area contributed by atoms with Gasteiger partial charge >= 0.3 is 0 Å². The molecule has 182 valence electrons. The van der Waals surface area contributed by atoms with E-state index in [0.29, 0.717) is 34.8 Å². The molecule has 1 aromatic rings. The average Bonchev–Trinajstić information content (AvgIpc) is 2.84. The van der Waals surface area contributed by atoms with Gasteiger partial charge in [-0.2, -0.15) is 0 Å². The first kappa shape index (κ1) is 26.0.